The molecule has 0 spiro atoms. The first kappa shape index (κ1) is 26.4. The van der Waals surface area contributed by atoms with Crippen LogP contribution in [0.2, 0.25) is 0 Å². The number of aromatic nitrogens is 1. The van der Waals surface area contributed by atoms with Crippen LogP contribution in [-0.2, 0) is 16.1 Å². The molecule has 0 atom stereocenters. The number of piperazine rings is 1. The lowest BCUT2D eigenvalue weighted by Gasteiger charge is -2.39. The van der Waals surface area contributed by atoms with Crippen LogP contribution < -0.4 is 15.4 Å². The number of hydrogen-bond donors (Lipinski definition) is 1. The molecule has 2 fully saturated rings. The Hall–Kier alpha value is -3.69. The first-order chi connectivity index (χ1) is 17.7. The zero-order valence-electron chi connectivity index (χ0n) is 20.2. The number of nitriles is 1. The second kappa shape index (κ2) is 10.7. The maximum atomic E-state index is 14.3. The Morgan fingerprint density at radius 3 is 2.46 bits per heavy atom. The molecule has 2 saturated heterocycles. The van der Waals surface area contributed by atoms with Gasteiger partial charge >= 0.3 is 5.97 Å². The molecule has 2 aromatic rings. The number of para-hydroxylation sites is 1. The van der Waals surface area contributed by atoms with E-state index in [1.54, 1.807) is 38.1 Å². The molecule has 2 aliphatic heterocycles. The highest BCUT2D eigenvalue weighted by Gasteiger charge is 2.34. The van der Waals surface area contributed by atoms with Gasteiger partial charge < -0.3 is 14.9 Å². The monoisotopic (exact) mass is 541 g/mol. The third-order valence-electron chi connectivity index (χ3n) is 6.38. The Balaban J connectivity index is 1.77. The van der Waals surface area contributed by atoms with E-state index in [0.29, 0.717) is 48.8 Å². The van der Waals surface area contributed by atoms with Crippen LogP contribution in [0.1, 0.15) is 23.6 Å². The summed E-state index contributed by atoms with van der Waals surface area (Å²) in [6.45, 7) is 5.13. The van der Waals surface area contributed by atoms with Crippen molar-refractivity contribution in [2.24, 2.45) is 0 Å². The molecule has 12 heteroatoms. The number of amides is 1. The Labute approximate surface area is 222 Å². The van der Waals surface area contributed by atoms with Crippen LogP contribution in [0.5, 0.6) is 0 Å². The number of nitrogens with zero attached hydrogens (tertiary/aromatic N) is 5. The van der Waals surface area contributed by atoms with Gasteiger partial charge in [-0.3, -0.25) is 23.9 Å². The van der Waals surface area contributed by atoms with Gasteiger partial charge in [0.25, 0.3) is 11.5 Å². The molecule has 0 bridgehead atoms. The number of carbonyl (C=O) groups is 2. The van der Waals surface area contributed by atoms with Crippen LogP contribution in [0.25, 0.3) is 6.08 Å². The lowest BCUT2D eigenvalue weighted by atomic mass is 10.0. The van der Waals surface area contributed by atoms with Crippen molar-refractivity contribution >= 4 is 57.8 Å². The minimum absolute atomic E-state index is 0.0251. The largest absolute Gasteiger partial charge is 0.480 e. The van der Waals surface area contributed by atoms with Crippen molar-refractivity contribution in [1.82, 2.24) is 9.47 Å². The van der Waals surface area contributed by atoms with Crippen molar-refractivity contribution in [2.75, 3.05) is 42.5 Å². The zero-order chi connectivity index (χ0) is 26.9. The summed E-state index contributed by atoms with van der Waals surface area (Å²) < 4.78 is 16.0. The normalized spacial score (nSPS) is 17.0. The average molecular weight is 542 g/mol. The maximum absolute atomic E-state index is 14.3. The first-order valence-electron chi connectivity index (χ1n) is 11.6. The van der Waals surface area contributed by atoms with Crippen molar-refractivity contribution < 1.29 is 19.1 Å². The van der Waals surface area contributed by atoms with E-state index in [-0.39, 0.29) is 27.2 Å². The number of thiocarbonyl (C=S) groups is 1. The number of carbonyl (C=O) groups excluding carboxylic acids is 1. The quantitative estimate of drug-likeness (QED) is 0.436. The van der Waals surface area contributed by atoms with Crippen LogP contribution in [0.4, 0.5) is 15.9 Å². The Bertz CT molecular complexity index is 1420. The molecule has 3 heterocycles. The van der Waals surface area contributed by atoms with Crippen molar-refractivity contribution in [1.29, 1.82) is 5.26 Å². The number of hydrogen-bond acceptors (Lipinski definition) is 8. The van der Waals surface area contributed by atoms with E-state index in [1.165, 1.54) is 10.6 Å². The number of aliphatic carboxylic acids is 1. The molecule has 37 heavy (non-hydrogen) atoms. The fraction of sp³-hybridized carbons (Fsp3) is 0.320. The second-order valence-electron chi connectivity index (χ2n) is 8.49. The van der Waals surface area contributed by atoms with E-state index < -0.39 is 24.0 Å². The van der Waals surface area contributed by atoms with Gasteiger partial charge in [-0.25, -0.2) is 4.39 Å². The van der Waals surface area contributed by atoms with Gasteiger partial charge in [0, 0.05) is 38.3 Å². The lowest BCUT2D eigenvalue weighted by Crippen LogP contribution is -2.49. The number of anilines is 2. The molecule has 9 nitrogen and oxygen atoms in total. The fourth-order valence-electron chi connectivity index (χ4n) is 4.55. The zero-order valence-corrected chi connectivity index (χ0v) is 21.9. The van der Waals surface area contributed by atoms with Gasteiger partial charge in [-0.2, -0.15) is 5.26 Å². The molecule has 1 aromatic carbocycles. The Morgan fingerprint density at radius 1 is 1.22 bits per heavy atom. The van der Waals surface area contributed by atoms with Crippen LogP contribution in [-0.4, -0.2) is 63.5 Å². The van der Waals surface area contributed by atoms with Gasteiger partial charge in [-0.05, 0) is 37.6 Å². The molecule has 1 amide bonds. The molecule has 192 valence electrons. The van der Waals surface area contributed by atoms with Gasteiger partial charge in [-0.15, -0.1) is 0 Å². The lowest BCUT2D eigenvalue weighted by molar-refractivity contribution is -0.140. The molecule has 2 aliphatic rings. The van der Waals surface area contributed by atoms with Gasteiger partial charge in [-0.1, -0.05) is 36.1 Å². The molecule has 0 saturated carbocycles. The summed E-state index contributed by atoms with van der Waals surface area (Å²) in [4.78, 5) is 42.5. The third kappa shape index (κ3) is 4.97. The van der Waals surface area contributed by atoms with Crippen molar-refractivity contribution in [3.8, 4) is 6.07 Å². The highest BCUT2D eigenvalue weighted by atomic mass is 32.2. The number of halogens is 1. The molecular formula is C25H24FN5O4S2. The predicted molar refractivity (Wildman–Crippen MR) is 144 cm³/mol. The summed E-state index contributed by atoms with van der Waals surface area (Å²) >= 11 is 6.20. The summed E-state index contributed by atoms with van der Waals surface area (Å²) in [7, 11) is 0. The SMILES string of the molecule is CCn1c(N2CCN(c3ccccc3F)CC2)c(/C=C2\SC(=S)N(CC(=O)O)C2=O)c(C)c(C#N)c1=O. The standard InChI is InChI=1S/C25H24FN5O4S2/c1-3-30-22(29-10-8-28(9-11-29)19-7-5-4-6-18(19)26)16(15(2)17(13-27)23(30)34)12-20-24(35)31(14-21(32)33)25(36)37-20/h4-7,12H,3,8-11,14H2,1-2H3,(H,32,33)/b20-12-. The summed E-state index contributed by atoms with van der Waals surface area (Å²) in [5.41, 5.74) is 1.00. The van der Waals surface area contributed by atoms with E-state index in [1.807, 2.05) is 15.9 Å². The first-order valence-corrected chi connectivity index (χ1v) is 12.8. The third-order valence-corrected chi connectivity index (χ3v) is 7.76. The molecular weight excluding hydrogens is 517 g/mol. The number of benzene rings is 1. The van der Waals surface area contributed by atoms with Gasteiger partial charge in [0.1, 0.15) is 34.1 Å². The van der Waals surface area contributed by atoms with Gasteiger partial charge in [0.2, 0.25) is 0 Å². The van der Waals surface area contributed by atoms with Crippen LogP contribution >= 0.6 is 24.0 Å². The number of carboxylic acids is 1. The number of carboxylic acid groups (broad SMARTS) is 1. The molecule has 4 rings (SSSR count). The molecule has 0 unspecified atom stereocenters. The molecule has 0 radical (unpaired) electrons. The highest BCUT2D eigenvalue weighted by Crippen LogP contribution is 2.36. The van der Waals surface area contributed by atoms with E-state index in [2.05, 4.69) is 0 Å². The minimum atomic E-state index is -1.19. The van der Waals surface area contributed by atoms with E-state index in [9.17, 15) is 24.0 Å². The smallest absolute Gasteiger partial charge is 0.323 e. The van der Waals surface area contributed by atoms with Gasteiger partial charge in [0.05, 0.1) is 10.6 Å². The molecule has 0 aliphatic carbocycles. The fourth-order valence-corrected chi connectivity index (χ4v) is 5.79. The maximum Gasteiger partial charge on any atom is 0.323 e. The Kier molecular flexibility index (Phi) is 7.65. The highest BCUT2D eigenvalue weighted by molar-refractivity contribution is 8.26. The van der Waals surface area contributed by atoms with Crippen LogP contribution in [0.15, 0.2) is 34.0 Å². The van der Waals surface area contributed by atoms with Crippen molar-refractivity contribution in [2.45, 2.75) is 20.4 Å². The summed E-state index contributed by atoms with van der Waals surface area (Å²) in [6, 6.07) is 8.55. The number of rotatable bonds is 6. The van der Waals surface area contributed by atoms with Crippen LogP contribution in [0, 0.1) is 24.1 Å². The number of thioether (sulfide) groups is 1. The summed E-state index contributed by atoms with van der Waals surface area (Å²) in [6.07, 6.45) is 1.58. The van der Waals surface area contributed by atoms with Crippen LogP contribution in [0.3, 0.4) is 0 Å². The van der Waals surface area contributed by atoms with Crippen molar-refractivity contribution in [3.63, 3.8) is 0 Å². The molecule has 1 N–H and O–H groups in total. The van der Waals surface area contributed by atoms with E-state index in [4.69, 9.17) is 17.3 Å². The van der Waals surface area contributed by atoms with E-state index >= 15 is 0 Å². The van der Waals surface area contributed by atoms with Gasteiger partial charge in [0.15, 0.2) is 0 Å². The molecule has 1 aromatic heterocycles. The Morgan fingerprint density at radius 2 is 1.86 bits per heavy atom. The average Bonchev–Trinajstić information content (AvgIpc) is 3.13. The second-order valence-corrected chi connectivity index (χ2v) is 10.2. The predicted octanol–water partition coefficient (Wildman–Crippen LogP) is 2.80. The topological polar surface area (TPSA) is 110 Å². The number of pyridine rings is 1. The summed E-state index contributed by atoms with van der Waals surface area (Å²) in [5.74, 6) is -1.48. The minimum Gasteiger partial charge on any atom is -0.480 e. The van der Waals surface area contributed by atoms with Crippen molar-refractivity contribution in [3.05, 3.63) is 62.0 Å². The van der Waals surface area contributed by atoms with E-state index in [0.717, 1.165) is 16.7 Å². The summed E-state index contributed by atoms with van der Waals surface area (Å²) in [5, 5.41) is 18.9.